The molecule has 0 fully saturated rings. The lowest BCUT2D eigenvalue weighted by Gasteiger charge is -2.13. The Kier molecular flexibility index (Phi) is 4.35. The Balaban J connectivity index is 2.05. The van der Waals surface area contributed by atoms with E-state index in [-0.39, 0.29) is 5.82 Å². The van der Waals surface area contributed by atoms with Crippen molar-refractivity contribution in [3.8, 4) is 0 Å². The number of anilines is 1. The normalized spacial score (nSPS) is 12.4. The van der Waals surface area contributed by atoms with E-state index in [1.54, 1.807) is 24.5 Å². The molecule has 100 valence electrons. The lowest BCUT2D eigenvalue weighted by Crippen LogP contribution is -2.15. The van der Waals surface area contributed by atoms with Gasteiger partial charge in [-0.2, -0.15) is 0 Å². The Bertz CT molecular complexity index is 577. The molecule has 1 heterocycles. The number of rotatable bonds is 4. The van der Waals surface area contributed by atoms with Gasteiger partial charge in [0.25, 0.3) is 0 Å². The maximum Gasteiger partial charge on any atom is 0.124 e. The second-order valence-electron chi connectivity index (χ2n) is 4.37. The van der Waals surface area contributed by atoms with E-state index in [0.717, 1.165) is 5.56 Å². The number of nitrogens with two attached hydrogens (primary N) is 1. The molecular formula is C14H14ClFN2O. The van der Waals surface area contributed by atoms with Gasteiger partial charge < -0.3 is 10.8 Å². The number of nitrogens with zero attached hydrogens (tertiary/aromatic N) is 1. The van der Waals surface area contributed by atoms with Crippen LogP contribution in [-0.2, 0) is 12.8 Å². The van der Waals surface area contributed by atoms with E-state index >= 15 is 0 Å². The maximum absolute atomic E-state index is 12.9. The van der Waals surface area contributed by atoms with E-state index < -0.39 is 6.10 Å². The molecule has 3 nitrogen and oxygen atoms in total. The quantitative estimate of drug-likeness (QED) is 0.905. The maximum atomic E-state index is 12.9. The van der Waals surface area contributed by atoms with Crippen molar-refractivity contribution in [1.29, 1.82) is 0 Å². The Hall–Kier alpha value is -1.65. The van der Waals surface area contributed by atoms with Gasteiger partial charge in [0.05, 0.1) is 6.10 Å². The largest absolute Gasteiger partial charge is 0.398 e. The Morgan fingerprint density at radius 2 is 2.00 bits per heavy atom. The number of halogens is 2. The summed E-state index contributed by atoms with van der Waals surface area (Å²) in [6.07, 6.45) is 3.31. The van der Waals surface area contributed by atoms with Crippen LogP contribution in [0.2, 0.25) is 5.02 Å². The summed E-state index contributed by atoms with van der Waals surface area (Å²) in [6, 6.07) is 5.83. The molecule has 1 unspecified atom stereocenters. The Morgan fingerprint density at radius 3 is 2.68 bits per heavy atom. The standard InChI is InChI=1S/C14H14ClFN2O/c15-13-7-11(16)2-1-9(13)5-12(19)6-10-8-18-4-3-14(10)17/h1-4,7-8,12,19H,5-6H2,(H2,17,18). The molecule has 0 aliphatic heterocycles. The lowest BCUT2D eigenvalue weighted by molar-refractivity contribution is 0.175. The van der Waals surface area contributed by atoms with Crippen molar-refractivity contribution < 1.29 is 9.50 Å². The first kappa shape index (κ1) is 13.8. The van der Waals surface area contributed by atoms with Gasteiger partial charge in [0.15, 0.2) is 0 Å². The Labute approximate surface area is 115 Å². The Morgan fingerprint density at radius 1 is 1.26 bits per heavy atom. The van der Waals surface area contributed by atoms with E-state index in [0.29, 0.717) is 29.1 Å². The first-order valence-corrected chi connectivity index (χ1v) is 6.24. The van der Waals surface area contributed by atoms with Gasteiger partial charge in [-0.3, -0.25) is 4.98 Å². The second kappa shape index (κ2) is 5.99. The zero-order valence-electron chi connectivity index (χ0n) is 10.2. The minimum Gasteiger partial charge on any atom is -0.398 e. The molecule has 5 heteroatoms. The summed E-state index contributed by atoms with van der Waals surface area (Å²) in [7, 11) is 0. The number of nitrogen functional groups attached to an aromatic ring is 1. The van der Waals surface area contributed by atoms with Crippen molar-refractivity contribution in [3.63, 3.8) is 0 Å². The molecule has 1 atom stereocenters. The third kappa shape index (κ3) is 3.66. The predicted octanol–water partition coefficient (Wildman–Crippen LogP) is 2.60. The van der Waals surface area contributed by atoms with Gasteiger partial charge in [0, 0.05) is 35.9 Å². The van der Waals surface area contributed by atoms with Crippen LogP contribution in [0.15, 0.2) is 36.7 Å². The van der Waals surface area contributed by atoms with Gasteiger partial charge in [0.2, 0.25) is 0 Å². The summed E-state index contributed by atoms with van der Waals surface area (Å²) >= 11 is 5.92. The minimum atomic E-state index is -0.644. The van der Waals surface area contributed by atoms with Crippen LogP contribution in [0.4, 0.5) is 10.1 Å². The molecule has 0 aliphatic rings. The van der Waals surface area contributed by atoms with Crippen molar-refractivity contribution in [1.82, 2.24) is 4.98 Å². The third-order valence-corrected chi connectivity index (χ3v) is 3.22. The molecule has 0 amide bonds. The van der Waals surface area contributed by atoms with Crippen LogP contribution < -0.4 is 5.73 Å². The number of pyridine rings is 1. The van der Waals surface area contributed by atoms with Crippen molar-refractivity contribution in [2.75, 3.05) is 5.73 Å². The molecule has 0 aliphatic carbocycles. The van der Waals surface area contributed by atoms with Crippen molar-refractivity contribution in [2.45, 2.75) is 18.9 Å². The molecule has 0 saturated carbocycles. The van der Waals surface area contributed by atoms with Crippen LogP contribution >= 0.6 is 11.6 Å². The SMILES string of the molecule is Nc1ccncc1CC(O)Cc1ccc(F)cc1Cl. The highest BCUT2D eigenvalue weighted by molar-refractivity contribution is 6.31. The van der Waals surface area contributed by atoms with E-state index in [4.69, 9.17) is 17.3 Å². The molecule has 0 saturated heterocycles. The number of hydrogen-bond donors (Lipinski definition) is 2. The van der Waals surface area contributed by atoms with E-state index in [1.165, 1.54) is 12.1 Å². The third-order valence-electron chi connectivity index (χ3n) is 2.87. The van der Waals surface area contributed by atoms with Gasteiger partial charge in [-0.15, -0.1) is 0 Å². The number of hydrogen-bond acceptors (Lipinski definition) is 3. The van der Waals surface area contributed by atoms with Gasteiger partial charge in [-0.05, 0) is 29.3 Å². The van der Waals surface area contributed by atoms with Gasteiger partial charge >= 0.3 is 0 Å². The molecule has 0 spiro atoms. The molecule has 2 aromatic rings. The number of benzene rings is 1. The van der Waals surface area contributed by atoms with Crippen LogP contribution in [-0.4, -0.2) is 16.2 Å². The van der Waals surface area contributed by atoms with Gasteiger partial charge in [-0.1, -0.05) is 17.7 Å². The van der Waals surface area contributed by atoms with E-state index in [1.807, 2.05) is 0 Å². The molecule has 19 heavy (non-hydrogen) atoms. The van der Waals surface area contributed by atoms with Crippen LogP contribution in [0.1, 0.15) is 11.1 Å². The summed E-state index contributed by atoms with van der Waals surface area (Å²) in [5, 5.41) is 10.4. The molecular weight excluding hydrogens is 267 g/mol. The summed E-state index contributed by atoms with van der Waals surface area (Å²) in [5.41, 5.74) is 7.87. The van der Waals surface area contributed by atoms with Crippen LogP contribution in [0, 0.1) is 5.82 Å². The minimum absolute atomic E-state index is 0.318. The van der Waals surface area contributed by atoms with Crippen molar-refractivity contribution >= 4 is 17.3 Å². The predicted molar refractivity (Wildman–Crippen MR) is 73.5 cm³/mol. The van der Waals surface area contributed by atoms with Crippen molar-refractivity contribution in [3.05, 3.63) is 58.6 Å². The first-order chi connectivity index (χ1) is 9.06. The van der Waals surface area contributed by atoms with Gasteiger partial charge in [0.1, 0.15) is 5.82 Å². The van der Waals surface area contributed by atoms with Gasteiger partial charge in [-0.25, -0.2) is 4.39 Å². The molecule has 2 rings (SSSR count). The summed E-state index contributed by atoms with van der Waals surface area (Å²) in [5.74, 6) is -0.389. The van der Waals surface area contributed by atoms with E-state index in [9.17, 15) is 9.50 Å². The fourth-order valence-corrected chi connectivity index (χ4v) is 2.12. The zero-order chi connectivity index (χ0) is 13.8. The smallest absolute Gasteiger partial charge is 0.124 e. The highest BCUT2D eigenvalue weighted by Gasteiger charge is 2.11. The highest BCUT2D eigenvalue weighted by Crippen LogP contribution is 2.20. The second-order valence-corrected chi connectivity index (χ2v) is 4.78. The summed E-state index contributed by atoms with van der Waals surface area (Å²) in [4.78, 5) is 3.97. The summed E-state index contributed by atoms with van der Waals surface area (Å²) < 4.78 is 12.9. The highest BCUT2D eigenvalue weighted by atomic mass is 35.5. The summed E-state index contributed by atoms with van der Waals surface area (Å²) in [6.45, 7) is 0. The molecule has 1 aromatic heterocycles. The molecule has 3 N–H and O–H groups in total. The average Bonchev–Trinajstić information content (AvgIpc) is 2.36. The molecule has 1 aromatic carbocycles. The fraction of sp³-hybridized carbons (Fsp3) is 0.214. The fourth-order valence-electron chi connectivity index (χ4n) is 1.88. The van der Waals surface area contributed by atoms with Crippen LogP contribution in [0.3, 0.4) is 0 Å². The van der Waals surface area contributed by atoms with Crippen molar-refractivity contribution in [2.24, 2.45) is 0 Å². The topological polar surface area (TPSA) is 59.1 Å². The number of aromatic nitrogens is 1. The van der Waals surface area contributed by atoms with Crippen LogP contribution in [0.25, 0.3) is 0 Å². The zero-order valence-corrected chi connectivity index (χ0v) is 10.9. The average molecular weight is 281 g/mol. The lowest BCUT2D eigenvalue weighted by atomic mass is 10.0. The first-order valence-electron chi connectivity index (χ1n) is 5.86. The molecule has 0 radical (unpaired) electrons. The monoisotopic (exact) mass is 280 g/mol. The van der Waals surface area contributed by atoms with E-state index in [2.05, 4.69) is 4.98 Å². The number of aliphatic hydroxyl groups is 1. The number of aliphatic hydroxyl groups excluding tert-OH is 1. The van der Waals surface area contributed by atoms with Crippen LogP contribution in [0.5, 0.6) is 0 Å². The molecule has 0 bridgehead atoms.